The number of fused-ring (bicyclic) bond motifs is 3. The maximum Gasteiger partial charge on any atom is 0.0720 e. The number of thiophene rings is 1. The quantitative estimate of drug-likeness (QED) is 0.0865. The van der Waals surface area contributed by atoms with E-state index in [2.05, 4.69) is 398 Å². The van der Waals surface area contributed by atoms with Gasteiger partial charge in [-0.2, -0.15) is 69.2 Å². The molecular formula is C104H151N2O2SSeW7-7. The van der Waals surface area contributed by atoms with Crippen molar-refractivity contribution in [3.63, 3.8) is 0 Å². The van der Waals surface area contributed by atoms with Crippen LogP contribution in [0.15, 0.2) is 100 Å². The number of furan rings is 1. The fourth-order valence-corrected chi connectivity index (χ4v) is 20.3. The van der Waals surface area contributed by atoms with Crippen LogP contribution in [0.3, 0.4) is 0 Å². The van der Waals surface area contributed by atoms with E-state index in [1.165, 1.54) is 173 Å². The van der Waals surface area contributed by atoms with Crippen molar-refractivity contribution in [3.05, 3.63) is 258 Å². The Bertz CT molecular complexity index is 4530. The zero-order valence-corrected chi connectivity index (χ0v) is 104. The van der Waals surface area contributed by atoms with Gasteiger partial charge in [-0.05, 0) is 64.2 Å². The third-order valence-electron chi connectivity index (χ3n) is 20.4. The molecule has 0 radical (unpaired) electrons. The molecule has 5 aromatic carbocycles. The second-order valence-electron chi connectivity index (χ2n) is 39.8. The van der Waals surface area contributed by atoms with Gasteiger partial charge in [-0.3, -0.25) is 0 Å². The van der Waals surface area contributed by atoms with Gasteiger partial charge in [0, 0.05) is 166 Å². The van der Waals surface area contributed by atoms with E-state index in [0.717, 1.165) is 17.2 Å². The Balaban J connectivity index is -0.000000637. The van der Waals surface area contributed by atoms with Gasteiger partial charge in [0.05, 0.1) is 13.4 Å². The second kappa shape index (κ2) is 49.2. The van der Waals surface area contributed by atoms with Crippen molar-refractivity contribution in [1.82, 2.24) is 9.55 Å². The fourth-order valence-electron chi connectivity index (χ4n) is 16.4. The van der Waals surface area contributed by atoms with Crippen LogP contribution in [0.5, 0.6) is 5.75 Å². The monoisotopic (exact) mass is 2860 g/mol. The number of hydrogen-bond donors (Lipinski definition) is 0. The maximum atomic E-state index is 5.79. The molecule has 0 aliphatic carbocycles. The molecule has 5 heterocycles. The number of ether oxygens (including phenoxy) is 1. The molecule has 13 heteroatoms. The maximum absolute atomic E-state index is 5.79. The molecule has 5 aromatic heterocycles. The van der Waals surface area contributed by atoms with Crippen molar-refractivity contribution in [2.75, 3.05) is 7.11 Å². The number of rotatable bonds is 8. The Labute approximate surface area is 828 Å². The van der Waals surface area contributed by atoms with Crippen LogP contribution in [-0.2, 0) is 192 Å². The van der Waals surface area contributed by atoms with E-state index >= 15 is 0 Å². The van der Waals surface area contributed by atoms with Crippen molar-refractivity contribution in [3.8, 4) is 5.75 Å². The summed E-state index contributed by atoms with van der Waals surface area (Å²) in [4.78, 5) is 8.34. The SMILES string of the molecule is COc1c([C-](C)C)c(C(C)(C)C)c(C)c2ccccc12.Cc1c(C(C)(C)C)c([C-](C)C)cc2cc3ccccc3cc12.Cc1c[se]c([C-](C)C)c1C(C)(C)C.Cc1cn(C)c([C-](C)C)c1C(C)(C)C.Cc1coc([C-](C)C)c1C(C)(C)C.Cc1csc([C-](C)C)c1C(C)(C)C.Cc1ncc([C-](C)C)c(C(C)(C)C)c1C.[W].[W].[W].[W].[W].[W].[W]. The topological polar surface area (TPSA) is 40.2 Å². The Hall–Kier alpha value is -2.00. The number of nitrogens with zero attached hydrogens (tertiary/aromatic N) is 2. The molecule has 0 unspecified atom stereocenters. The molecular weight excluding hydrogens is 2710 g/mol. The Morgan fingerprint density at radius 3 is 1.19 bits per heavy atom. The van der Waals surface area contributed by atoms with E-state index < -0.39 is 0 Å². The van der Waals surface area contributed by atoms with Crippen molar-refractivity contribution >= 4 is 58.2 Å². The van der Waals surface area contributed by atoms with Crippen LogP contribution in [0.4, 0.5) is 0 Å². The smallest absolute Gasteiger partial charge is 0.0720 e. The molecule has 0 amide bonds. The number of methoxy groups -OCH3 is 1. The van der Waals surface area contributed by atoms with Gasteiger partial charge in [0.1, 0.15) is 0 Å². The van der Waals surface area contributed by atoms with Crippen LogP contribution in [0.1, 0.15) is 363 Å². The van der Waals surface area contributed by atoms with E-state index in [4.69, 9.17) is 9.15 Å². The van der Waals surface area contributed by atoms with Gasteiger partial charge >= 0.3 is 87.9 Å². The number of pyridine rings is 1. The summed E-state index contributed by atoms with van der Waals surface area (Å²) in [6.07, 6.45) is 6.09. The average Bonchev–Trinajstić information content (AvgIpc) is 1.57. The molecule has 0 saturated heterocycles. The summed E-state index contributed by atoms with van der Waals surface area (Å²) in [6.45, 7) is 95.9. The van der Waals surface area contributed by atoms with E-state index in [9.17, 15) is 0 Å². The zero-order chi connectivity index (χ0) is 84.7. The summed E-state index contributed by atoms with van der Waals surface area (Å²) in [6, 6.07) is 24.2. The third kappa shape index (κ3) is 31.8. The Morgan fingerprint density at radius 1 is 0.393 bits per heavy atom. The molecule has 0 bridgehead atoms. The molecule has 0 N–H and O–H groups in total. The number of aromatic nitrogens is 2. The molecule has 0 saturated carbocycles. The summed E-state index contributed by atoms with van der Waals surface area (Å²) < 4.78 is 15.2. The zero-order valence-electron chi connectivity index (χ0n) is 81.1. The van der Waals surface area contributed by atoms with Gasteiger partial charge < -0.3 is 18.7 Å². The first kappa shape index (κ1) is 121. The van der Waals surface area contributed by atoms with E-state index in [-0.39, 0.29) is 180 Å². The normalized spacial score (nSPS) is 11.2. The largest absolute Gasteiger partial charge is 0.503 e. The minimum atomic E-state index is 0. The van der Waals surface area contributed by atoms with Crippen LogP contribution in [0.2, 0.25) is 0 Å². The first-order valence-electron chi connectivity index (χ1n) is 40.2. The number of aryl methyl sites for hydroxylation is 8. The van der Waals surface area contributed by atoms with E-state index in [1.807, 2.05) is 23.8 Å². The standard InChI is InChI=1S/C22H25.C19H25O.C14H22N.C13H22N.C12H19O.C12H19S.C12H19Se.7W/c1-14(2)19-13-18-11-16-9-7-8-10-17(16)12-20(18)15(3)21(19)22(4,5)6;1-12(2)16-17(19(4,5)6)13(3)14-10-8-9-11-15(14)18(16)20-7;1-9(2)12-8-15-11(4)10(3)13(12)14(5,6)7;1-9(2)12-11(13(4,5)6)10(3)8-14(12)7;3*1-8(2)11-10(12(4,5)6)9(3)7-13-11;;;;;;;/h7-13H,1-6H3;8-11H,1-7H3;8H,1-7H3;8H,1-7H3;3*7H,1-6H3;;;;;;;/q7*-1;;;;;;;. The summed E-state index contributed by atoms with van der Waals surface area (Å²) in [7, 11) is 3.90. The van der Waals surface area contributed by atoms with Crippen LogP contribution < -0.4 is 4.74 Å². The summed E-state index contributed by atoms with van der Waals surface area (Å²) in [5.41, 5.74) is 27.9. The van der Waals surface area contributed by atoms with Gasteiger partial charge in [-0.25, -0.2) is 5.92 Å². The third-order valence-corrected chi connectivity index (χ3v) is 24.5. The van der Waals surface area contributed by atoms with Gasteiger partial charge in [-0.15, -0.1) is 91.1 Å². The Kier molecular flexibility index (Phi) is 51.0. The summed E-state index contributed by atoms with van der Waals surface area (Å²) in [5, 5.41) is 10.1. The number of hydrogen-bond acceptors (Lipinski definition) is 4. The molecule has 0 aliphatic rings. The van der Waals surface area contributed by atoms with Gasteiger partial charge in [0.2, 0.25) is 0 Å². The van der Waals surface area contributed by atoms with Gasteiger partial charge in [0.25, 0.3) is 0 Å². The van der Waals surface area contributed by atoms with Crippen LogP contribution >= 0.6 is 11.3 Å². The fraction of sp³-hybridized carbons (Fsp3) is 0.500. The number of benzene rings is 5. The molecule has 0 spiro atoms. The van der Waals surface area contributed by atoms with Gasteiger partial charge in [-0.1, -0.05) is 322 Å². The van der Waals surface area contributed by atoms with Crippen molar-refractivity contribution in [1.29, 1.82) is 0 Å². The van der Waals surface area contributed by atoms with E-state index in [0.29, 0.717) is 19.9 Å². The molecule has 0 fully saturated rings. The molecule has 10 aromatic rings. The predicted octanol–water partition coefficient (Wildman–Crippen LogP) is 31.0. The minimum Gasteiger partial charge on any atom is -0.503 e. The van der Waals surface area contributed by atoms with Crippen molar-refractivity contribution in [2.24, 2.45) is 7.05 Å². The van der Waals surface area contributed by atoms with Crippen LogP contribution in [0.25, 0.3) is 32.3 Å². The molecule has 10 rings (SSSR count). The van der Waals surface area contributed by atoms with Crippen molar-refractivity contribution in [2.45, 2.75) is 336 Å². The van der Waals surface area contributed by atoms with Crippen molar-refractivity contribution < 1.29 is 157 Å². The molecule has 117 heavy (non-hydrogen) atoms. The predicted molar refractivity (Wildman–Crippen MR) is 493 cm³/mol. The van der Waals surface area contributed by atoms with Gasteiger partial charge in [0.15, 0.2) is 0 Å². The van der Waals surface area contributed by atoms with Crippen LogP contribution in [-0.4, -0.2) is 31.2 Å². The molecule has 650 valence electrons. The molecule has 0 aliphatic heterocycles. The minimum absolute atomic E-state index is 0. The summed E-state index contributed by atoms with van der Waals surface area (Å²) >= 11 is 2.46. The summed E-state index contributed by atoms with van der Waals surface area (Å²) in [5.74, 6) is 11.7. The van der Waals surface area contributed by atoms with E-state index in [1.54, 1.807) is 17.1 Å². The second-order valence-corrected chi connectivity index (χ2v) is 42.5. The Morgan fingerprint density at radius 2 is 0.821 bits per heavy atom. The van der Waals surface area contributed by atoms with Crippen LogP contribution in [0, 0.1) is 96.8 Å². The molecule has 4 nitrogen and oxygen atoms in total. The first-order chi connectivity index (χ1) is 50.1. The first-order valence-corrected chi connectivity index (χ1v) is 42.9. The molecule has 0 atom stereocenters. The average molecular weight is 2860 g/mol.